The van der Waals surface area contributed by atoms with Crippen LogP contribution in [0.15, 0.2) is 83.8 Å². The van der Waals surface area contributed by atoms with Gasteiger partial charge in [0, 0.05) is 34.3 Å². The minimum absolute atomic E-state index is 0.0761. The number of pyridine rings is 1. The average molecular weight is 562 g/mol. The molecule has 0 fully saturated rings. The molecular formula is C30H25ClFN3O5. The number of hydrogen-bond donors (Lipinski definition) is 2. The zero-order chi connectivity index (χ0) is 29.0. The van der Waals surface area contributed by atoms with Crippen LogP contribution in [-0.4, -0.2) is 29.3 Å². The number of nitrogens with zero attached hydrogens (tertiary/aromatic N) is 1. The number of benzene rings is 3. The van der Waals surface area contributed by atoms with Gasteiger partial charge >= 0.3 is 0 Å². The number of aromatic nitrogens is 1. The topological polar surface area (TPSA) is 120 Å². The Morgan fingerprint density at radius 1 is 1.00 bits per heavy atom. The van der Waals surface area contributed by atoms with Gasteiger partial charge in [-0.2, -0.15) is 0 Å². The summed E-state index contributed by atoms with van der Waals surface area (Å²) in [6, 6.07) is 17.5. The summed E-state index contributed by atoms with van der Waals surface area (Å²) in [6.07, 6.45) is 1.51. The maximum absolute atomic E-state index is 14.4. The van der Waals surface area contributed by atoms with Crippen LogP contribution in [-0.2, 0) is 11.2 Å². The van der Waals surface area contributed by atoms with Gasteiger partial charge in [-0.05, 0) is 54.4 Å². The van der Waals surface area contributed by atoms with E-state index in [0.717, 1.165) is 11.6 Å². The Morgan fingerprint density at radius 3 is 2.33 bits per heavy atom. The number of primary amides is 1. The van der Waals surface area contributed by atoms with Crippen LogP contribution in [0, 0.1) is 5.82 Å². The highest BCUT2D eigenvalue weighted by Gasteiger charge is 2.25. The highest BCUT2D eigenvalue weighted by Crippen LogP contribution is 2.34. The van der Waals surface area contributed by atoms with E-state index in [0.29, 0.717) is 21.7 Å². The lowest BCUT2D eigenvalue weighted by atomic mass is 9.97. The fourth-order valence-electron chi connectivity index (χ4n) is 4.36. The molecule has 1 unspecified atom stereocenters. The van der Waals surface area contributed by atoms with E-state index in [4.69, 9.17) is 22.1 Å². The molecule has 2 amide bonds. The predicted molar refractivity (Wildman–Crippen MR) is 150 cm³/mol. The third kappa shape index (κ3) is 6.10. The van der Waals surface area contributed by atoms with Gasteiger partial charge in [-0.15, -0.1) is 0 Å². The lowest BCUT2D eigenvalue weighted by Crippen LogP contribution is -2.34. The summed E-state index contributed by atoms with van der Waals surface area (Å²) < 4.78 is 21.2. The first-order chi connectivity index (χ1) is 19.1. The maximum Gasteiger partial charge on any atom is 0.252 e. The van der Waals surface area contributed by atoms with Crippen molar-refractivity contribution in [3.63, 3.8) is 0 Å². The molecule has 204 valence electrons. The van der Waals surface area contributed by atoms with Gasteiger partial charge in [0.05, 0.1) is 18.9 Å². The molecule has 0 spiro atoms. The number of rotatable bonds is 9. The van der Waals surface area contributed by atoms with Gasteiger partial charge < -0.3 is 15.8 Å². The standard InChI is InChI=1S/C30H25ClFN3O5/c1-17(36)21-10-8-19(31)13-23(21)24-15-28(37)35(16-27(24)40-2)26(12-18-6-4-3-5-7-18)30(39)34-20-9-11-22(29(33)38)25(32)14-20/h3-11,13-16,26H,12H2,1-2H3,(H2,33,38)(H,34,39). The summed E-state index contributed by atoms with van der Waals surface area (Å²) in [4.78, 5) is 50.7. The van der Waals surface area contributed by atoms with Crippen molar-refractivity contribution >= 4 is 34.9 Å². The van der Waals surface area contributed by atoms with Crippen molar-refractivity contribution in [2.75, 3.05) is 12.4 Å². The Bertz CT molecular complexity index is 1670. The number of hydrogen-bond acceptors (Lipinski definition) is 5. The predicted octanol–water partition coefficient (Wildman–Crippen LogP) is 5.04. The molecule has 0 saturated heterocycles. The zero-order valence-electron chi connectivity index (χ0n) is 21.6. The minimum Gasteiger partial charge on any atom is -0.495 e. The fourth-order valence-corrected chi connectivity index (χ4v) is 4.54. The Balaban J connectivity index is 1.80. The zero-order valence-corrected chi connectivity index (χ0v) is 22.4. The molecule has 3 N–H and O–H groups in total. The fraction of sp³-hybridized carbons (Fsp3) is 0.133. The lowest BCUT2D eigenvalue weighted by molar-refractivity contribution is -0.119. The molecule has 1 aromatic heterocycles. The van der Waals surface area contributed by atoms with Gasteiger partial charge in [-0.1, -0.05) is 41.9 Å². The van der Waals surface area contributed by atoms with Crippen molar-refractivity contribution in [1.29, 1.82) is 0 Å². The van der Waals surface area contributed by atoms with E-state index in [1.54, 1.807) is 30.3 Å². The van der Waals surface area contributed by atoms with E-state index in [-0.39, 0.29) is 29.2 Å². The lowest BCUT2D eigenvalue weighted by Gasteiger charge is -2.22. The molecule has 0 bridgehead atoms. The summed E-state index contributed by atoms with van der Waals surface area (Å²) >= 11 is 6.19. The van der Waals surface area contributed by atoms with Gasteiger partial charge in [0.2, 0.25) is 5.91 Å². The first-order valence-corrected chi connectivity index (χ1v) is 12.5. The number of Topliss-reactive ketones (excluding diaryl/α,β-unsaturated/α-hetero) is 1. The summed E-state index contributed by atoms with van der Waals surface area (Å²) in [5.41, 5.74) is 6.24. The third-order valence-electron chi connectivity index (χ3n) is 6.33. The second kappa shape index (κ2) is 12.0. The molecule has 0 radical (unpaired) electrons. The molecule has 1 heterocycles. The molecule has 0 saturated carbocycles. The molecule has 0 aliphatic carbocycles. The van der Waals surface area contributed by atoms with Crippen molar-refractivity contribution in [1.82, 2.24) is 4.57 Å². The number of carbonyl (C=O) groups is 3. The van der Waals surface area contributed by atoms with Crippen LogP contribution in [0.25, 0.3) is 11.1 Å². The number of carbonyl (C=O) groups excluding carboxylic acids is 3. The van der Waals surface area contributed by atoms with Crippen LogP contribution < -0.4 is 21.3 Å². The van der Waals surface area contributed by atoms with E-state index >= 15 is 0 Å². The van der Waals surface area contributed by atoms with Gasteiger partial charge in [-0.3, -0.25) is 23.7 Å². The van der Waals surface area contributed by atoms with Crippen LogP contribution in [0.5, 0.6) is 5.75 Å². The molecule has 0 aliphatic rings. The first kappa shape index (κ1) is 28.3. The average Bonchev–Trinajstić information content (AvgIpc) is 2.92. The van der Waals surface area contributed by atoms with Crippen molar-refractivity contribution in [3.05, 3.63) is 117 Å². The first-order valence-electron chi connectivity index (χ1n) is 12.1. The number of amides is 2. The normalized spacial score (nSPS) is 11.5. The smallest absolute Gasteiger partial charge is 0.252 e. The molecule has 40 heavy (non-hydrogen) atoms. The highest BCUT2D eigenvalue weighted by molar-refractivity contribution is 6.31. The summed E-state index contributed by atoms with van der Waals surface area (Å²) in [5.74, 6) is -2.44. The molecule has 10 heteroatoms. The number of nitrogens with two attached hydrogens (primary N) is 1. The van der Waals surface area contributed by atoms with Crippen molar-refractivity contribution < 1.29 is 23.5 Å². The summed E-state index contributed by atoms with van der Waals surface area (Å²) in [5, 5.41) is 2.98. The summed E-state index contributed by atoms with van der Waals surface area (Å²) in [7, 11) is 1.40. The Labute approximate surface area is 234 Å². The number of methoxy groups -OCH3 is 1. The maximum atomic E-state index is 14.4. The molecule has 3 aromatic carbocycles. The van der Waals surface area contributed by atoms with Crippen LogP contribution >= 0.6 is 11.6 Å². The van der Waals surface area contributed by atoms with Crippen molar-refractivity contribution in [3.8, 4) is 16.9 Å². The van der Waals surface area contributed by atoms with Crippen molar-refractivity contribution in [2.45, 2.75) is 19.4 Å². The minimum atomic E-state index is -1.08. The molecular weight excluding hydrogens is 537 g/mol. The molecule has 4 aromatic rings. The molecule has 4 rings (SSSR count). The number of ether oxygens (including phenoxy) is 1. The SMILES string of the molecule is COc1cn(C(Cc2ccccc2)C(=O)Nc2ccc(C(N)=O)c(F)c2)c(=O)cc1-c1cc(Cl)ccc1C(C)=O. The molecule has 1 atom stereocenters. The number of nitrogens with one attached hydrogen (secondary N) is 1. The number of anilines is 1. The highest BCUT2D eigenvalue weighted by atomic mass is 35.5. The van der Waals surface area contributed by atoms with E-state index in [2.05, 4.69) is 5.32 Å². The van der Waals surface area contributed by atoms with Gasteiger partial charge in [0.1, 0.15) is 17.6 Å². The van der Waals surface area contributed by atoms with Crippen molar-refractivity contribution in [2.24, 2.45) is 5.73 Å². The van der Waals surface area contributed by atoms with Crippen LogP contribution in [0.1, 0.15) is 39.2 Å². The molecule has 0 aliphatic heterocycles. The number of halogens is 2. The van der Waals surface area contributed by atoms with Gasteiger partial charge in [-0.25, -0.2) is 4.39 Å². The van der Waals surface area contributed by atoms with Crippen LogP contribution in [0.4, 0.5) is 10.1 Å². The largest absolute Gasteiger partial charge is 0.495 e. The van der Waals surface area contributed by atoms with E-state index in [9.17, 15) is 23.6 Å². The second-order valence-corrected chi connectivity index (χ2v) is 9.44. The summed E-state index contributed by atoms with van der Waals surface area (Å²) in [6.45, 7) is 1.40. The number of ketones is 1. The molecule has 8 nitrogen and oxygen atoms in total. The van der Waals surface area contributed by atoms with Crippen LogP contribution in [0.2, 0.25) is 5.02 Å². The Hall–Kier alpha value is -4.76. The van der Waals surface area contributed by atoms with E-state index < -0.39 is 29.2 Å². The van der Waals surface area contributed by atoms with E-state index in [1.807, 2.05) is 18.2 Å². The van der Waals surface area contributed by atoms with E-state index in [1.165, 1.54) is 43.0 Å². The van der Waals surface area contributed by atoms with Gasteiger partial charge in [0.15, 0.2) is 5.78 Å². The van der Waals surface area contributed by atoms with Gasteiger partial charge in [0.25, 0.3) is 11.5 Å². The quantitative estimate of drug-likeness (QED) is 0.277. The monoisotopic (exact) mass is 561 g/mol. The Morgan fingerprint density at radius 2 is 1.70 bits per heavy atom. The van der Waals surface area contributed by atoms with Crippen LogP contribution in [0.3, 0.4) is 0 Å². The Kier molecular flexibility index (Phi) is 8.45. The second-order valence-electron chi connectivity index (χ2n) is 9.00. The third-order valence-corrected chi connectivity index (χ3v) is 6.56.